The van der Waals surface area contributed by atoms with Gasteiger partial charge < -0.3 is 24.7 Å². The maximum atomic E-state index is 12.6. The number of amides is 1. The summed E-state index contributed by atoms with van der Waals surface area (Å²) in [6.07, 6.45) is -1.62. The molecule has 0 aliphatic heterocycles. The van der Waals surface area contributed by atoms with Crippen LogP contribution in [0.1, 0.15) is 75.7 Å². The Balaban J connectivity index is 1.52. The monoisotopic (exact) mass is 772 g/mol. The summed E-state index contributed by atoms with van der Waals surface area (Å²) in [5.74, 6) is -1.09. The van der Waals surface area contributed by atoms with E-state index >= 15 is 0 Å². The molecule has 0 aliphatic carbocycles. The minimum absolute atomic E-state index is 0.0298. The number of hydrogen-bond acceptors (Lipinski definition) is 14. The average molecular weight is 773 g/mol. The maximum Gasteiger partial charge on any atom is 0.408 e. The lowest BCUT2D eigenvalue weighted by molar-refractivity contribution is 0.0435. The van der Waals surface area contributed by atoms with Gasteiger partial charge in [0, 0.05) is 27.1 Å². The maximum absolute atomic E-state index is 12.6. The number of aliphatic hydroxyl groups is 1. The highest BCUT2D eigenvalue weighted by molar-refractivity contribution is 7.15. The second-order valence-electron chi connectivity index (χ2n) is 14.1. The highest BCUT2D eigenvalue weighted by Gasteiger charge is 2.37. The third-order valence-corrected chi connectivity index (χ3v) is 16.0. The number of aromatic nitrogens is 5. The summed E-state index contributed by atoms with van der Waals surface area (Å²) in [5.41, 5.74) is 3.08. The van der Waals surface area contributed by atoms with E-state index in [0.717, 1.165) is 16.3 Å². The van der Waals surface area contributed by atoms with Crippen molar-refractivity contribution in [1.29, 1.82) is 0 Å². The topological polar surface area (TPSA) is 170 Å². The molecule has 5 rings (SSSR count). The van der Waals surface area contributed by atoms with Crippen LogP contribution in [0, 0.1) is 0 Å². The molecule has 0 spiro atoms. The van der Waals surface area contributed by atoms with Crippen LogP contribution in [0.2, 0.25) is 18.1 Å². The van der Waals surface area contributed by atoms with Gasteiger partial charge in [-0.3, -0.25) is 0 Å². The lowest BCUT2D eigenvalue weighted by Crippen LogP contribution is -2.40. The molecule has 5 aromatic rings. The van der Waals surface area contributed by atoms with Crippen molar-refractivity contribution in [2.45, 2.75) is 91.0 Å². The molecule has 0 fully saturated rings. The quantitative estimate of drug-likeness (QED) is 0.110. The van der Waals surface area contributed by atoms with Gasteiger partial charge in [0.05, 0.1) is 24.1 Å². The Morgan fingerprint density at radius 3 is 2.14 bits per heavy atom. The van der Waals surface area contributed by atoms with E-state index in [0.29, 0.717) is 44.4 Å². The first-order chi connectivity index (χ1) is 23.3. The van der Waals surface area contributed by atoms with Gasteiger partial charge in [-0.2, -0.15) is 0 Å². The van der Waals surface area contributed by atoms with Gasteiger partial charge in [0.15, 0.2) is 14.0 Å². The zero-order valence-corrected chi connectivity index (χ0v) is 33.5. The predicted octanol–water partition coefficient (Wildman–Crippen LogP) is 8.74. The van der Waals surface area contributed by atoms with Crippen LogP contribution in [-0.4, -0.2) is 67.2 Å². The molecule has 0 bridgehead atoms. The Bertz CT molecular complexity index is 1990. The molecule has 5 heterocycles. The van der Waals surface area contributed by atoms with E-state index in [2.05, 4.69) is 44.2 Å². The van der Waals surface area contributed by atoms with Crippen molar-refractivity contribution in [3.63, 3.8) is 0 Å². The molecule has 1 amide bonds. The Morgan fingerprint density at radius 1 is 0.840 bits per heavy atom. The molecule has 3 N–H and O–H groups in total. The van der Waals surface area contributed by atoms with E-state index in [1.165, 1.54) is 50.7 Å². The summed E-state index contributed by atoms with van der Waals surface area (Å²) < 4.78 is 11.9. The molecule has 0 aliphatic rings. The summed E-state index contributed by atoms with van der Waals surface area (Å²) in [6, 6.07) is 2.99. The first-order valence-corrected chi connectivity index (χ1v) is 22.1. The minimum atomic E-state index is -1.99. The number of hydrogen-bond donors (Lipinski definition) is 3. The van der Waals surface area contributed by atoms with Gasteiger partial charge in [-0.05, 0) is 58.0 Å². The number of carbonyl (C=O) groups excluding carboxylic acids is 1. The van der Waals surface area contributed by atoms with Crippen molar-refractivity contribution < 1.29 is 29.0 Å². The van der Waals surface area contributed by atoms with Gasteiger partial charge in [-0.15, -0.1) is 45.3 Å². The number of nitrogens with zero attached hydrogens (tertiary/aromatic N) is 5. The Hall–Kier alpha value is -3.45. The van der Waals surface area contributed by atoms with E-state index < -0.39 is 38.1 Å². The number of carbonyl (C=O) groups is 2. The van der Waals surface area contributed by atoms with E-state index in [-0.39, 0.29) is 10.7 Å². The Morgan fingerprint density at radius 2 is 1.50 bits per heavy atom. The normalized spacial score (nSPS) is 13.6. The van der Waals surface area contributed by atoms with E-state index in [1.54, 1.807) is 27.7 Å². The van der Waals surface area contributed by atoms with Crippen LogP contribution in [0.25, 0.3) is 43.4 Å². The van der Waals surface area contributed by atoms with Crippen LogP contribution in [0.3, 0.4) is 0 Å². The van der Waals surface area contributed by atoms with E-state index in [9.17, 15) is 19.8 Å². The molecule has 17 heteroatoms. The number of pyridine rings is 1. The van der Waals surface area contributed by atoms with Crippen molar-refractivity contribution in [1.82, 2.24) is 30.2 Å². The Labute approximate surface area is 307 Å². The van der Waals surface area contributed by atoms with Crippen molar-refractivity contribution >= 4 is 65.7 Å². The highest BCUT2D eigenvalue weighted by atomic mass is 32.1. The van der Waals surface area contributed by atoms with Crippen LogP contribution < -0.4 is 5.32 Å². The molecule has 5 aromatic heterocycles. The molecule has 50 heavy (non-hydrogen) atoms. The third kappa shape index (κ3) is 8.88. The number of aliphatic hydroxyl groups excluding tert-OH is 1. The van der Waals surface area contributed by atoms with Crippen molar-refractivity contribution in [3.05, 3.63) is 50.0 Å². The number of aromatic carboxylic acids is 1. The van der Waals surface area contributed by atoms with Crippen molar-refractivity contribution in [2.24, 2.45) is 0 Å². The van der Waals surface area contributed by atoms with Gasteiger partial charge in [-0.1, -0.05) is 20.8 Å². The van der Waals surface area contributed by atoms with Gasteiger partial charge in [0.2, 0.25) is 0 Å². The predicted molar refractivity (Wildman–Crippen MR) is 201 cm³/mol. The smallest absolute Gasteiger partial charge is 0.408 e. The summed E-state index contributed by atoms with van der Waals surface area (Å²) in [4.78, 5) is 47.7. The lowest BCUT2D eigenvalue weighted by Gasteiger charge is -2.35. The van der Waals surface area contributed by atoms with Gasteiger partial charge in [0.1, 0.15) is 48.8 Å². The minimum Gasteiger partial charge on any atom is -0.476 e. The van der Waals surface area contributed by atoms with Crippen LogP contribution >= 0.6 is 45.3 Å². The highest BCUT2D eigenvalue weighted by Crippen LogP contribution is 2.40. The van der Waals surface area contributed by atoms with Crippen LogP contribution in [-0.2, 0) is 15.8 Å². The molecular formula is C33H40N6O6S4Si. The number of carboxylic acids is 1. The second kappa shape index (κ2) is 14.6. The molecule has 0 unspecified atom stereocenters. The van der Waals surface area contributed by atoms with Crippen LogP contribution in [0.15, 0.2) is 33.7 Å². The lowest BCUT2D eigenvalue weighted by atomic mass is 10.1. The third-order valence-electron chi connectivity index (χ3n) is 7.92. The van der Waals surface area contributed by atoms with Gasteiger partial charge in [0.25, 0.3) is 0 Å². The van der Waals surface area contributed by atoms with Crippen molar-refractivity contribution in [3.8, 4) is 43.4 Å². The largest absolute Gasteiger partial charge is 0.476 e. The zero-order chi connectivity index (χ0) is 36.6. The molecule has 0 saturated heterocycles. The summed E-state index contributed by atoms with van der Waals surface area (Å²) in [5, 5.41) is 32.2. The fourth-order valence-electron chi connectivity index (χ4n) is 4.26. The summed E-state index contributed by atoms with van der Waals surface area (Å²) in [6.45, 7) is 18.3. The van der Waals surface area contributed by atoms with Gasteiger partial charge >= 0.3 is 12.1 Å². The van der Waals surface area contributed by atoms with E-state index in [4.69, 9.17) is 29.1 Å². The summed E-state index contributed by atoms with van der Waals surface area (Å²) in [7, 11) is -1.99. The molecule has 0 radical (unpaired) electrons. The Kier molecular flexibility index (Phi) is 11.1. The molecule has 0 aromatic carbocycles. The zero-order valence-electron chi connectivity index (χ0n) is 29.2. The fraction of sp³-hybridized carbons (Fsp3) is 0.424. The number of thiazole rings is 4. The number of rotatable bonds is 11. The fourth-order valence-corrected chi connectivity index (χ4v) is 8.58. The van der Waals surface area contributed by atoms with Gasteiger partial charge in [-0.25, -0.2) is 34.5 Å². The number of carboxylic acid groups (broad SMARTS) is 1. The first-order valence-electron chi connectivity index (χ1n) is 15.7. The van der Waals surface area contributed by atoms with Crippen molar-refractivity contribution in [2.75, 3.05) is 0 Å². The molecule has 12 nitrogen and oxygen atoms in total. The van der Waals surface area contributed by atoms with Crippen LogP contribution in [0.5, 0.6) is 0 Å². The standard InChI is InChI=1S/C33H40N6O6S4Si/c1-17(40)24(39-31(43)45-32(2,3)4)29-36-21(14-49-29)25-19(26-34-18(13-46-26)12-44-50(8,9)33(5,6)7)10-11-20(35-25)27-37-22(15-47-27)28-38-23(16-48-28)30(41)42/h10-11,13-17,24,40H,12H2,1-9H3,(H,39,43)(H,41,42)/t17-,24+/m1/s1. The molecule has 266 valence electrons. The first kappa shape index (κ1) is 37.8. The summed E-state index contributed by atoms with van der Waals surface area (Å²) >= 11 is 5.36. The number of ether oxygens (including phenoxy) is 1. The molecule has 2 atom stereocenters. The number of alkyl carbamates (subject to hydrolysis) is 1. The number of nitrogens with one attached hydrogen (secondary N) is 1. The average Bonchev–Trinajstić information content (AvgIpc) is 3.83. The molecule has 0 saturated carbocycles. The SMILES string of the molecule is C[C@@H](O)[C@H](NC(=O)OC(C)(C)C)c1nc(-c2nc(-c3nc(-c4nc(C(=O)O)cs4)cs3)ccc2-c2nc(CO[Si](C)(C)C(C)(C)C)cs2)cs1. The van der Waals surface area contributed by atoms with E-state index in [1.807, 2.05) is 28.3 Å². The second-order valence-corrected chi connectivity index (χ2v) is 22.4. The van der Waals surface area contributed by atoms with Crippen LogP contribution in [0.4, 0.5) is 4.79 Å². The molecular weight excluding hydrogens is 733 g/mol.